The van der Waals surface area contributed by atoms with E-state index in [-0.39, 0.29) is 0 Å². The highest BCUT2D eigenvalue weighted by Gasteiger charge is 2.08. The molecule has 0 fully saturated rings. The lowest BCUT2D eigenvalue weighted by molar-refractivity contribution is 0.884. The van der Waals surface area contributed by atoms with Gasteiger partial charge in [0.05, 0.1) is 9.21 Å². The molecule has 0 saturated heterocycles. The van der Waals surface area contributed by atoms with Crippen molar-refractivity contribution in [2.24, 2.45) is 0 Å². The maximum absolute atomic E-state index is 5.86. The fourth-order valence-electron chi connectivity index (χ4n) is 1.10. The van der Waals surface area contributed by atoms with Crippen molar-refractivity contribution < 1.29 is 0 Å². The standard InChI is InChI=1S/C9H8Cl2N2S2/c10-5-1-2-8-12-13-9(15-8)6-3-4-7(11)14-6/h3-4H,1-2,5H2. The monoisotopic (exact) mass is 278 g/mol. The highest BCUT2D eigenvalue weighted by molar-refractivity contribution is 7.23. The predicted octanol–water partition coefficient (Wildman–Crippen LogP) is 4.09. The highest BCUT2D eigenvalue weighted by Crippen LogP contribution is 2.32. The minimum absolute atomic E-state index is 0.666. The van der Waals surface area contributed by atoms with Gasteiger partial charge in [0.2, 0.25) is 0 Å². The summed E-state index contributed by atoms with van der Waals surface area (Å²) in [7, 11) is 0. The lowest BCUT2D eigenvalue weighted by Crippen LogP contribution is -1.84. The number of thiophene rings is 1. The summed E-state index contributed by atoms with van der Waals surface area (Å²) in [5.41, 5.74) is 0. The molecule has 0 atom stereocenters. The van der Waals surface area contributed by atoms with Gasteiger partial charge in [0.25, 0.3) is 0 Å². The maximum atomic E-state index is 5.86. The zero-order chi connectivity index (χ0) is 10.7. The quantitative estimate of drug-likeness (QED) is 0.788. The Morgan fingerprint density at radius 2 is 2.07 bits per heavy atom. The molecule has 0 aliphatic rings. The summed E-state index contributed by atoms with van der Waals surface area (Å²) in [4.78, 5) is 1.08. The minimum atomic E-state index is 0.666. The SMILES string of the molecule is ClCCCc1nnc(-c2ccc(Cl)s2)s1. The lowest BCUT2D eigenvalue weighted by Gasteiger charge is -1.88. The molecule has 0 radical (unpaired) electrons. The van der Waals surface area contributed by atoms with Crippen LogP contribution < -0.4 is 0 Å². The first-order chi connectivity index (χ1) is 7.29. The van der Waals surface area contributed by atoms with E-state index < -0.39 is 0 Å². The average molecular weight is 279 g/mol. The molecule has 2 rings (SSSR count). The Morgan fingerprint density at radius 1 is 1.20 bits per heavy atom. The van der Waals surface area contributed by atoms with E-state index in [1.54, 1.807) is 11.3 Å². The molecule has 2 aromatic rings. The van der Waals surface area contributed by atoms with E-state index in [0.717, 1.165) is 32.1 Å². The Kier molecular flexibility index (Phi) is 3.97. The van der Waals surface area contributed by atoms with Gasteiger partial charge in [-0.3, -0.25) is 0 Å². The lowest BCUT2D eigenvalue weighted by atomic mass is 10.4. The van der Waals surface area contributed by atoms with Crippen LogP contribution in [0.5, 0.6) is 0 Å². The summed E-state index contributed by atoms with van der Waals surface area (Å²) in [5, 5.41) is 10.2. The van der Waals surface area contributed by atoms with Crippen molar-refractivity contribution in [1.29, 1.82) is 0 Å². The van der Waals surface area contributed by atoms with Gasteiger partial charge in [-0.25, -0.2) is 0 Å². The molecule has 0 saturated carbocycles. The Labute approximate surface area is 106 Å². The summed E-state index contributed by atoms with van der Waals surface area (Å²) >= 11 is 14.6. The minimum Gasteiger partial charge on any atom is -0.143 e. The number of nitrogens with zero attached hydrogens (tertiary/aromatic N) is 2. The Balaban J connectivity index is 2.13. The van der Waals surface area contributed by atoms with E-state index in [2.05, 4.69) is 10.2 Å². The van der Waals surface area contributed by atoms with Crippen LogP contribution in [-0.2, 0) is 6.42 Å². The van der Waals surface area contributed by atoms with Crippen molar-refractivity contribution >= 4 is 45.9 Å². The molecule has 0 aliphatic carbocycles. The second kappa shape index (κ2) is 5.25. The van der Waals surface area contributed by atoms with Gasteiger partial charge >= 0.3 is 0 Å². The van der Waals surface area contributed by atoms with Gasteiger partial charge in [0.1, 0.15) is 5.01 Å². The number of rotatable bonds is 4. The van der Waals surface area contributed by atoms with Gasteiger partial charge in [-0.15, -0.1) is 33.1 Å². The molecule has 2 heterocycles. The number of hydrogen-bond acceptors (Lipinski definition) is 4. The fraction of sp³-hybridized carbons (Fsp3) is 0.333. The van der Waals surface area contributed by atoms with Crippen LogP contribution in [0.4, 0.5) is 0 Å². The topological polar surface area (TPSA) is 25.8 Å². The summed E-state index contributed by atoms with van der Waals surface area (Å²) in [6.07, 6.45) is 1.85. The molecular formula is C9H8Cl2N2S2. The van der Waals surface area contributed by atoms with Crippen LogP contribution in [0.2, 0.25) is 4.34 Å². The van der Waals surface area contributed by atoms with Crippen LogP contribution in [0.25, 0.3) is 9.88 Å². The van der Waals surface area contributed by atoms with Crippen molar-refractivity contribution in [1.82, 2.24) is 10.2 Å². The number of hydrogen-bond donors (Lipinski definition) is 0. The second-order valence-electron chi connectivity index (χ2n) is 2.90. The van der Waals surface area contributed by atoms with E-state index in [9.17, 15) is 0 Å². The van der Waals surface area contributed by atoms with Crippen molar-refractivity contribution in [2.75, 3.05) is 5.88 Å². The third kappa shape index (κ3) is 2.91. The van der Waals surface area contributed by atoms with Gasteiger partial charge in [-0.05, 0) is 18.6 Å². The van der Waals surface area contributed by atoms with Crippen LogP contribution in [-0.4, -0.2) is 16.1 Å². The number of aryl methyl sites for hydroxylation is 1. The number of alkyl halides is 1. The first kappa shape index (κ1) is 11.3. The zero-order valence-electron chi connectivity index (χ0n) is 7.74. The average Bonchev–Trinajstić information content (AvgIpc) is 2.83. The smallest absolute Gasteiger partial charge is 0.143 e. The zero-order valence-corrected chi connectivity index (χ0v) is 10.9. The molecule has 2 aromatic heterocycles. The molecule has 6 heteroatoms. The summed E-state index contributed by atoms with van der Waals surface area (Å²) in [5.74, 6) is 0.666. The van der Waals surface area contributed by atoms with Crippen LogP contribution in [0.3, 0.4) is 0 Å². The van der Waals surface area contributed by atoms with Crippen molar-refractivity contribution in [3.63, 3.8) is 0 Å². The van der Waals surface area contributed by atoms with Crippen molar-refractivity contribution in [3.05, 3.63) is 21.5 Å². The molecule has 0 bridgehead atoms. The molecule has 2 nitrogen and oxygen atoms in total. The van der Waals surface area contributed by atoms with E-state index in [0.29, 0.717) is 5.88 Å². The summed E-state index contributed by atoms with van der Waals surface area (Å²) in [6, 6.07) is 3.85. The molecule has 0 N–H and O–H groups in total. The molecule has 80 valence electrons. The van der Waals surface area contributed by atoms with Gasteiger partial charge in [0.15, 0.2) is 5.01 Å². The second-order valence-corrected chi connectivity index (χ2v) is 6.05. The third-order valence-electron chi connectivity index (χ3n) is 1.78. The molecule has 0 unspecified atom stereocenters. The molecule has 0 amide bonds. The normalized spacial score (nSPS) is 10.8. The Bertz CT molecular complexity index is 439. The van der Waals surface area contributed by atoms with E-state index in [1.165, 1.54) is 11.3 Å². The van der Waals surface area contributed by atoms with Gasteiger partial charge in [-0.1, -0.05) is 22.9 Å². The van der Waals surface area contributed by atoms with Gasteiger partial charge in [0, 0.05) is 12.3 Å². The van der Waals surface area contributed by atoms with Crippen molar-refractivity contribution in [2.45, 2.75) is 12.8 Å². The maximum Gasteiger partial charge on any atom is 0.157 e. The van der Waals surface area contributed by atoms with Crippen LogP contribution in [0, 0.1) is 0 Å². The molecule has 15 heavy (non-hydrogen) atoms. The first-order valence-electron chi connectivity index (χ1n) is 4.43. The van der Waals surface area contributed by atoms with Crippen LogP contribution >= 0.6 is 45.9 Å². The largest absolute Gasteiger partial charge is 0.157 e. The van der Waals surface area contributed by atoms with E-state index in [1.807, 2.05) is 12.1 Å². The molecule has 0 aliphatic heterocycles. The predicted molar refractivity (Wildman–Crippen MR) is 67.3 cm³/mol. The van der Waals surface area contributed by atoms with Crippen molar-refractivity contribution in [3.8, 4) is 9.88 Å². The molecular weight excluding hydrogens is 271 g/mol. The Morgan fingerprint density at radius 3 is 2.73 bits per heavy atom. The summed E-state index contributed by atoms with van der Waals surface area (Å²) in [6.45, 7) is 0. The molecule has 0 spiro atoms. The number of aromatic nitrogens is 2. The van der Waals surface area contributed by atoms with Crippen LogP contribution in [0.15, 0.2) is 12.1 Å². The van der Waals surface area contributed by atoms with E-state index >= 15 is 0 Å². The van der Waals surface area contributed by atoms with Gasteiger partial charge in [-0.2, -0.15) is 0 Å². The number of halogens is 2. The van der Waals surface area contributed by atoms with Gasteiger partial charge < -0.3 is 0 Å². The third-order valence-corrected chi connectivity index (χ3v) is 4.43. The Hall–Kier alpha value is -0.160. The summed E-state index contributed by atoms with van der Waals surface area (Å²) < 4.78 is 0.780. The van der Waals surface area contributed by atoms with Crippen LogP contribution in [0.1, 0.15) is 11.4 Å². The first-order valence-corrected chi connectivity index (χ1v) is 6.98. The fourth-order valence-corrected chi connectivity index (χ4v) is 3.21. The molecule has 0 aromatic carbocycles. The highest BCUT2D eigenvalue weighted by atomic mass is 35.5. The van der Waals surface area contributed by atoms with E-state index in [4.69, 9.17) is 23.2 Å².